The highest BCUT2D eigenvalue weighted by Crippen LogP contribution is 2.30. The molecule has 0 bridgehead atoms. The average molecular weight is 429 g/mol. The molecular weight excluding hydrogens is 406 g/mol. The Kier molecular flexibility index (Phi) is 5.47. The number of aliphatic hydroxyl groups is 1. The van der Waals surface area contributed by atoms with Gasteiger partial charge in [-0.25, -0.2) is 9.50 Å². The van der Waals surface area contributed by atoms with E-state index < -0.39 is 5.60 Å². The van der Waals surface area contributed by atoms with E-state index in [4.69, 9.17) is 0 Å². The van der Waals surface area contributed by atoms with Crippen molar-refractivity contribution in [2.24, 2.45) is 0 Å². The molecule has 0 fully saturated rings. The molecule has 0 atom stereocenters. The van der Waals surface area contributed by atoms with Gasteiger partial charge in [0.05, 0.1) is 35.7 Å². The Hall–Kier alpha value is -4.03. The van der Waals surface area contributed by atoms with E-state index >= 15 is 0 Å². The summed E-state index contributed by atoms with van der Waals surface area (Å²) in [6, 6.07) is 9.43. The zero-order chi connectivity index (χ0) is 22.9. The van der Waals surface area contributed by atoms with E-state index in [-0.39, 0.29) is 12.5 Å². The maximum atomic E-state index is 13.1. The summed E-state index contributed by atoms with van der Waals surface area (Å²) in [5.74, 6) is -0.380. The van der Waals surface area contributed by atoms with Gasteiger partial charge >= 0.3 is 0 Å². The van der Waals surface area contributed by atoms with E-state index in [1.807, 2.05) is 19.1 Å². The molecular formula is C23H23N7O2. The zero-order valence-corrected chi connectivity index (χ0v) is 18.1. The van der Waals surface area contributed by atoms with Crippen LogP contribution < -0.4 is 5.32 Å². The van der Waals surface area contributed by atoms with Crippen molar-refractivity contribution in [1.82, 2.24) is 24.4 Å². The van der Waals surface area contributed by atoms with Crippen LogP contribution in [0.1, 0.15) is 42.3 Å². The summed E-state index contributed by atoms with van der Waals surface area (Å²) >= 11 is 0. The molecule has 0 radical (unpaired) electrons. The molecule has 0 aliphatic rings. The minimum absolute atomic E-state index is 0.229. The molecule has 0 saturated carbocycles. The van der Waals surface area contributed by atoms with Crippen molar-refractivity contribution in [3.8, 4) is 17.3 Å². The average Bonchev–Trinajstić information content (AvgIpc) is 3.36. The Morgan fingerprint density at radius 3 is 2.84 bits per heavy atom. The number of carbonyl (C=O) groups is 1. The number of anilines is 1. The van der Waals surface area contributed by atoms with Gasteiger partial charge in [-0.2, -0.15) is 15.5 Å². The van der Waals surface area contributed by atoms with Gasteiger partial charge in [0.1, 0.15) is 11.3 Å². The number of carbonyl (C=O) groups excluding carboxylic acids is 1. The molecule has 4 rings (SSSR count). The van der Waals surface area contributed by atoms with Crippen molar-refractivity contribution < 1.29 is 9.90 Å². The molecule has 9 heteroatoms. The van der Waals surface area contributed by atoms with Gasteiger partial charge in [0.25, 0.3) is 5.91 Å². The lowest BCUT2D eigenvalue weighted by molar-refractivity contribution is 0.0578. The van der Waals surface area contributed by atoms with E-state index in [2.05, 4.69) is 26.6 Å². The SMILES string of the molecule is CCc1cc(C#N)cc(-c2nn(CC(C)(C)O)cc2NC(=O)c2cnn3cccnc23)c1. The monoisotopic (exact) mass is 429 g/mol. The van der Waals surface area contributed by atoms with Gasteiger partial charge in [-0.1, -0.05) is 6.92 Å². The summed E-state index contributed by atoms with van der Waals surface area (Å²) in [7, 11) is 0. The van der Waals surface area contributed by atoms with Crippen LogP contribution in [0, 0.1) is 11.3 Å². The number of amides is 1. The minimum atomic E-state index is -1.000. The summed E-state index contributed by atoms with van der Waals surface area (Å²) < 4.78 is 3.11. The van der Waals surface area contributed by atoms with Crippen molar-refractivity contribution in [3.63, 3.8) is 0 Å². The summed E-state index contributed by atoms with van der Waals surface area (Å²) in [6.07, 6.45) is 7.20. The Morgan fingerprint density at radius 1 is 1.31 bits per heavy atom. The molecule has 3 aromatic heterocycles. The van der Waals surface area contributed by atoms with Crippen molar-refractivity contribution in [3.05, 3.63) is 65.7 Å². The lowest BCUT2D eigenvalue weighted by Gasteiger charge is -2.16. The van der Waals surface area contributed by atoms with Crippen LogP contribution in [0.4, 0.5) is 5.69 Å². The van der Waals surface area contributed by atoms with Gasteiger partial charge in [0, 0.05) is 24.2 Å². The van der Waals surface area contributed by atoms with Crippen molar-refractivity contribution in [2.45, 2.75) is 39.3 Å². The van der Waals surface area contributed by atoms with Crippen LogP contribution >= 0.6 is 0 Å². The van der Waals surface area contributed by atoms with Crippen molar-refractivity contribution in [1.29, 1.82) is 5.26 Å². The minimum Gasteiger partial charge on any atom is -0.389 e. The summed E-state index contributed by atoms with van der Waals surface area (Å²) in [4.78, 5) is 17.3. The molecule has 162 valence electrons. The van der Waals surface area contributed by atoms with Gasteiger partial charge in [0.2, 0.25) is 0 Å². The first kappa shape index (κ1) is 21.2. The first-order valence-corrected chi connectivity index (χ1v) is 10.2. The molecule has 0 aliphatic carbocycles. The highest BCUT2D eigenvalue weighted by atomic mass is 16.3. The molecule has 0 spiro atoms. The second-order valence-corrected chi connectivity index (χ2v) is 8.19. The standard InChI is InChI=1S/C23H23N7O2/c1-4-15-8-16(11-24)10-17(9-15)20-19(13-29(28-20)14-23(2,3)32)27-22(31)18-12-26-30-7-5-6-25-21(18)30/h5-10,12-13,32H,4,14H2,1-3H3,(H,27,31). The fourth-order valence-corrected chi connectivity index (χ4v) is 3.48. The normalized spacial score (nSPS) is 11.5. The van der Waals surface area contributed by atoms with E-state index in [1.165, 1.54) is 10.7 Å². The third-order valence-electron chi connectivity index (χ3n) is 4.89. The van der Waals surface area contributed by atoms with E-state index in [1.54, 1.807) is 49.3 Å². The van der Waals surface area contributed by atoms with Gasteiger partial charge in [-0.15, -0.1) is 0 Å². The van der Waals surface area contributed by atoms with Crippen LogP contribution in [0.3, 0.4) is 0 Å². The number of hydrogen-bond donors (Lipinski definition) is 2. The number of nitrogens with one attached hydrogen (secondary N) is 1. The van der Waals surface area contributed by atoms with Gasteiger partial charge in [-0.3, -0.25) is 9.48 Å². The Bertz CT molecular complexity index is 1340. The maximum Gasteiger partial charge on any atom is 0.261 e. The molecule has 1 amide bonds. The van der Waals surface area contributed by atoms with Crippen LogP contribution in [-0.2, 0) is 13.0 Å². The molecule has 32 heavy (non-hydrogen) atoms. The quantitative estimate of drug-likeness (QED) is 0.486. The van der Waals surface area contributed by atoms with Crippen LogP contribution in [0.2, 0.25) is 0 Å². The number of aryl methyl sites for hydroxylation is 1. The lowest BCUT2D eigenvalue weighted by Crippen LogP contribution is -2.26. The van der Waals surface area contributed by atoms with Crippen molar-refractivity contribution in [2.75, 3.05) is 5.32 Å². The number of nitrogens with zero attached hydrogens (tertiary/aromatic N) is 6. The highest BCUT2D eigenvalue weighted by Gasteiger charge is 2.21. The molecule has 3 heterocycles. The smallest absolute Gasteiger partial charge is 0.261 e. The van der Waals surface area contributed by atoms with Gasteiger partial charge < -0.3 is 10.4 Å². The Morgan fingerprint density at radius 2 is 2.12 bits per heavy atom. The number of nitriles is 1. The van der Waals surface area contributed by atoms with Crippen LogP contribution in [-0.4, -0.2) is 41.0 Å². The Labute approximate surface area is 184 Å². The first-order chi connectivity index (χ1) is 15.3. The van der Waals surface area contributed by atoms with Crippen LogP contribution in [0.5, 0.6) is 0 Å². The summed E-state index contributed by atoms with van der Waals surface area (Å²) in [6.45, 7) is 5.60. The fourth-order valence-electron chi connectivity index (χ4n) is 3.48. The number of fused-ring (bicyclic) bond motifs is 1. The summed E-state index contributed by atoms with van der Waals surface area (Å²) in [5.41, 5.74) is 2.96. The molecule has 0 unspecified atom stereocenters. The fraction of sp³-hybridized carbons (Fsp3) is 0.261. The number of aromatic nitrogens is 5. The third-order valence-corrected chi connectivity index (χ3v) is 4.89. The van der Waals surface area contributed by atoms with Gasteiger partial charge in [-0.05, 0) is 50.1 Å². The molecule has 1 aromatic carbocycles. The highest BCUT2D eigenvalue weighted by molar-refractivity contribution is 6.09. The summed E-state index contributed by atoms with van der Waals surface area (Å²) in [5, 5.41) is 31.4. The first-order valence-electron chi connectivity index (χ1n) is 10.2. The largest absolute Gasteiger partial charge is 0.389 e. The molecule has 2 N–H and O–H groups in total. The Balaban J connectivity index is 1.77. The zero-order valence-electron chi connectivity index (χ0n) is 18.1. The third kappa shape index (κ3) is 4.36. The van der Waals surface area contributed by atoms with E-state index in [0.29, 0.717) is 33.7 Å². The van der Waals surface area contributed by atoms with Crippen LogP contribution in [0.25, 0.3) is 16.9 Å². The topological polar surface area (TPSA) is 121 Å². The van der Waals surface area contributed by atoms with Crippen molar-refractivity contribution >= 4 is 17.2 Å². The predicted octanol–water partition coefficient (Wildman–Crippen LogP) is 3.05. The van der Waals surface area contributed by atoms with E-state index in [0.717, 1.165) is 12.0 Å². The lowest BCUT2D eigenvalue weighted by atomic mass is 10.0. The number of hydrogen-bond acceptors (Lipinski definition) is 6. The molecule has 0 saturated heterocycles. The molecule has 9 nitrogen and oxygen atoms in total. The van der Waals surface area contributed by atoms with Crippen LogP contribution in [0.15, 0.2) is 49.1 Å². The van der Waals surface area contributed by atoms with E-state index in [9.17, 15) is 15.2 Å². The number of benzene rings is 1. The second-order valence-electron chi connectivity index (χ2n) is 8.19. The molecule has 4 aromatic rings. The maximum absolute atomic E-state index is 13.1. The van der Waals surface area contributed by atoms with Gasteiger partial charge in [0.15, 0.2) is 5.65 Å². The molecule has 0 aliphatic heterocycles. The second kappa shape index (κ2) is 8.24. The number of rotatable bonds is 6. The predicted molar refractivity (Wildman–Crippen MR) is 119 cm³/mol.